The standard InChI is InChI=1S/C27H17FN4O3/c28-17-11-9-16(10-12-17)24-13-19(18-5-1-2-6-21(18)30-24)27(34)35-15-25(33)20(14-29)26-31-22-7-3-4-8-23(22)32-26/h1-13,33H,15H2,(H,31,32). The highest BCUT2D eigenvalue weighted by Crippen LogP contribution is 2.26. The summed E-state index contributed by atoms with van der Waals surface area (Å²) in [7, 11) is 0. The van der Waals surface area contributed by atoms with Crippen LogP contribution in [0.15, 0.2) is 84.6 Å². The van der Waals surface area contributed by atoms with E-state index in [1.165, 1.54) is 12.1 Å². The molecule has 8 heteroatoms. The summed E-state index contributed by atoms with van der Waals surface area (Å²) in [5.41, 5.74) is 3.10. The second-order valence-electron chi connectivity index (χ2n) is 7.69. The van der Waals surface area contributed by atoms with E-state index in [0.29, 0.717) is 33.2 Å². The number of nitriles is 1. The fourth-order valence-electron chi connectivity index (χ4n) is 3.72. The highest BCUT2D eigenvalue weighted by atomic mass is 19.1. The molecular weight excluding hydrogens is 447 g/mol. The number of esters is 1. The van der Waals surface area contributed by atoms with Gasteiger partial charge in [-0.2, -0.15) is 5.26 Å². The summed E-state index contributed by atoms with van der Waals surface area (Å²) in [5.74, 6) is -1.35. The molecule has 0 aliphatic heterocycles. The summed E-state index contributed by atoms with van der Waals surface area (Å²) in [5, 5.41) is 20.7. The first-order valence-electron chi connectivity index (χ1n) is 10.6. The molecule has 0 amide bonds. The Hall–Kier alpha value is -5.03. The number of hydrogen-bond donors (Lipinski definition) is 2. The molecule has 0 unspecified atom stereocenters. The quantitative estimate of drug-likeness (QED) is 0.200. The van der Waals surface area contributed by atoms with E-state index >= 15 is 0 Å². The normalized spacial score (nSPS) is 11.8. The van der Waals surface area contributed by atoms with Gasteiger partial charge in [-0.15, -0.1) is 0 Å². The molecule has 0 saturated carbocycles. The Balaban J connectivity index is 1.46. The minimum absolute atomic E-state index is 0.124. The predicted molar refractivity (Wildman–Crippen MR) is 129 cm³/mol. The van der Waals surface area contributed by atoms with Gasteiger partial charge in [0.05, 0.1) is 27.8 Å². The number of H-pyrrole nitrogens is 1. The van der Waals surface area contributed by atoms with Gasteiger partial charge in [0.25, 0.3) is 0 Å². The van der Waals surface area contributed by atoms with Crippen molar-refractivity contribution in [3.05, 3.63) is 102 Å². The maximum atomic E-state index is 13.4. The summed E-state index contributed by atoms with van der Waals surface area (Å²) < 4.78 is 18.7. The summed E-state index contributed by atoms with van der Waals surface area (Å²) >= 11 is 0. The molecule has 2 heterocycles. The van der Waals surface area contributed by atoms with Crippen molar-refractivity contribution in [3.8, 4) is 17.3 Å². The van der Waals surface area contributed by atoms with Gasteiger partial charge in [0, 0.05) is 10.9 Å². The third-order valence-electron chi connectivity index (χ3n) is 5.44. The Morgan fingerprint density at radius 2 is 1.71 bits per heavy atom. The van der Waals surface area contributed by atoms with Crippen LogP contribution >= 0.6 is 0 Å². The molecule has 0 atom stereocenters. The van der Waals surface area contributed by atoms with Crippen LogP contribution in [-0.4, -0.2) is 32.6 Å². The van der Waals surface area contributed by atoms with E-state index in [2.05, 4.69) is 15.0 Å². The van der Waals surface area contributed by atoms with Gasteiger partial charge < -0.3 is 14.8 Å². The molecule has 5 aromatic rings. The minimum Gasteiger partial charge on any atom is -0.507 e. The second-order valence-corrected chi connectivity index (χ2v) is 7.69. The number of carbonyl (C=O) groups is 1. The molecule has 2 N–H and O–H groups in total. The predicted octanol–water partition coefficient (Wildman–Crippen LogP) is 5.57. The number of imidazole rings is 1. The van der Waals surface area contributed by atoms with Crippen molar-refractivity contribution in [1.82, 2.24) is 15.0 Å². The molecular formula is C27H17FN4O3. The smallest absolute Gasteiger partial charge is 0.339 e. The fourth-order valence-corrected chi connectivity index (χ4v) is 3.72. The number of aromatic nitrogens is 3. The number of carbonyl (C=O) groups excluding carboxylic acids is 1. The molecule has 0 saturated heterocycles. The van der Waals surface area contributed by atoms with Gasteiger partial charge in [-0.05, 0) is 48.5 Å². The zero-order chi connectivity index (χ0) is 24.4. The van der Waals surface area contributed by atoms with Gasteiger partial charge in [-0.25, -0.2) is 19.2 Å². The highest BCUT2D eigenvalue weighted by Gasteiger charge is 2.18. The third-order valence-corrected chi connectivity index (χ3v) is 5.44. The van der Waals surface area contributed by atoms with Crippen LogP contribution in [-0.2, 0) is 4.74 Å². The summed E-state index contributed by atoms with van der Waals surface area (Å²) in [6.07, 6.45) is 0. The first kappa shape index (κ1) is 21.8. The first-order chi connectivity index (χ1) is 17.0. The molecule has 0 radical (unpaired) electrons. The van der Waals surface area contributed by atoms with Crippen LogP contribution < -0.4 is 0 Å². The lowest BCUT2D eigenvalue weighted by atomic mass is 10.0. The molecule has 0 spiro atoms. The van der Waals surface area contributed by atoms with E-state index in [4.69, 9.17) is 4.74 Å². The minimum atomic E-state index is -0.708. The molecule has 0 aliphatic carbocycles. The molecule has 5 rings (SSSR count). The van der Waals surface area contributed by atoms with Crippen molar-refractivity contribution in [2.75, 3.05) is 6.61 Å². The maximum Gasteiger partial charge on any atom is 0.339 e. The van der Waals surface area contributed by atoms with Crippen LogP contribution in [0.1, 0.15) is 16.2 Å². The van der Waals surface area contributed by atoms with E-state index in [0.717, 1.165) is 0 Å². The molecule has 0 aliphatic rings. The zero-order valence-corrected chi connectivity index (χ0v) is 18.2. The van der Waals surface area contributed by atoms with Crippen molar-refractivity contribution in [3.63, 3.8) is 0 Å². The topological polar surface area (TPSA) is 112 Å². The van der Waals surface area contributed by atoms with Crippen LogP contribution in [0.25, 0.3) is 38.8 Å². The molecule has 0 fully saturated rings. The SMILES string of the molecule is N#CC(=C(O)COC(=O)c1cc(-c2ccc(F)cc2)nc2ccccc12)c1nc2ccccc2[nH]1. The third kappa shape index (κ3) is 4.30. The number of pyridine rings is 1. The Morgan fingerprint density at radius 1 is 1.00 bits per heavy atom. The van der Waals surface area contributed by atoms with Crippen molar-refractivity contribution < 1.29 is 19.0 Å². The number of hydrogen-bond acceptors (Lipinski definition) is 6. The lowest BCUT2D eigenvalue weighted by Gasteiger charge is -2.10. The molecule has 35 heavy (non-hydrogen) atoms. The van der Waals surface area contributed by atoms with Crippen LogP contribution in [0.2, 0.25) is 0 Å². The Morgan fingerprint density at radius 3 is 2.46 bits per heavy atom. The van der Waals surface area contributed by atoms with Gasteiger partial charge in [0.15, 0.2) is 11.6 Å². The van der Waals surface area contributed by atoms with E-state index in [1.807, 2.05) is 18.2 Å². The van der Waals surface area contributed by atoms with Crippen molar-refractivity contribution >= 4 is 33.5 Å². The number of halogens is 1. The number of nitrogens with zero attached hydrogens (tertiary/aromatic N) is 3. The second kappa shape index (κ2) is 9.08. The number of para-hydroxylation sites is 3. The lowest BCUT2D eigenvalue weighted by Crippen LogP contribution is -2.10. The molecule has 2 aromatic heterocycles. The first-order valence-corrected chi connectivity index (χ1v) is 10.6. The van der Waals surface area contributed by atoms with E-state index in [9.17, 15) is 19.6 Å². The van der Waals surface area contributed by atoms with Crippen molar-refractivity contribution in [1.29, 1.82) is 5.26 Å². The van der Waals surface area contributed by atoms with E-state index < -0.39 is 18.3 Å². The van der Waals surface area contributed by atoms with Crippen molar-refractivity contribution in [2.24, 2.45) is 0 Å². The lowest BCUT2D eigenvalue weighted by molar-refractivity contribution is 0.0505. The van der Waals surface area contributed by atoms with Crippen LogP contribution in [0.4, 0.5) is 4.39 Å². The monoisotopic (exact) mass is 464 g/mol. The number of ether oxygens (including phenoxy) is 1. The van der Waals surface area contributed by atoms with Gasteiger partial charge in [-0.1, -0.05) is 30.3 Å². The number of aromatic amines is 1. The van der Waals surface area contributed by atoms with Crippen LogP contribution in [0, 0.1) is 17.1 Å². The number of nitrogens with one attached hydrogen (secondary N) is 1. The number of fused-ring (bicyclic) bond motifs is 2. The fraction of sp³-hybridized carbons (Fsp3) is 0.0370. The number of benzene rings is 3. The molecule has 7 nitrogen and oxygen atoms in total. The number of rotatable bonds is 5. The average molecular weight is 464 g/mol. The Kier molecular flexibility index (Phi) is 5.65. The van der Waals surface area contributed by atoms with Gasteiger partial charge in [-0.3, -0.25) is 0 Å². The number of allylic oxidation sites excluding steroid dienone is 1. The Bertz CT molecular complexity index is 1620. The Labute approximate surface area is 198 Å². The van der Waals surface area contributed by atoms with E-state index in [-0.39, 0.29) is 22.8 Å². The van der Waals surface area contributed by atoms with Gasteiger partial charge >= 0.3 is 5.97 Å². The summed E-state index contributed by atoms with van der Waals surface area (Å²) in [6, 6.07) is 23.5. The largest absolute Gasteiger partial charge is 0.507 e. The number of aliphatic hydroxyl groups is 1. The summed E-state index contributed by atoms with van der Waals surface area (Å²) in [4.78, 5) is 24.9. The maximum absolute atomic E-state index is 13.4. The van der Waals surface area contributed by atoms with Crippen LogP contribution in [0.3, 0.4) is 0 Å². The van der Waals surface area contributed by atoms with Gasteiger partial charge in [0.2, 0.25) is 0 Å². The number of aliphatic hydroxyl groups excluding tert-OH is 1. The zero-order valence-electron chi connectivity index (χ0n) is 18.2. The highest BCUT2D eigenvalue weighted by molar-refractivity contribution is 6.04. The average Bonchev–Trinajstić information content (AvgIpc) is 3.31. The van der Waals surface area contributed by atoms with Gasteiger partial charge in [0.1, 0.15) is 24.1 Å². The molecule has 0 bridgehead atoms. The van der Waals surface area contributed by atoms with Crippen molar-refractivity contribution in [2.45, 2.75) is 0 Å². The van der Waals surface area contributed by atoms with E-state index in [1.54, 1.807) is 54.6 Å². The van der Waals surface area contributed by atoms with Crippen LogP contribution in [0.5, 0.6) is 0 Å². The molecule has 170 valence electrons. The molecule has 3 aromatic carbocycles. The summed E-state index contributed by atoms with van der Waals surface area (Å²) in [6.45, 7) is -0.526.